The summed E-state index contributed by atoms with van der Waals surface area (Å²) in [5.41, 5.74) is -0.531. The van der Waals surface area contributed by atoms with Crippen LogP contribution in [0.4, 0.5) is 0 Å². The van der Waals surface area contributed by atoms with Crippen molar-refractivity contribution in [1.82, 2.24) is 4.90 Å². The van der Waals surface area contributed by atoms with Crippen LogP contribution in [0.15, 0.2) is 0 Å². The van der Waals surface area contributed by atoms with Crippen molar-refractivity contribution in [1.29, 1.82) is 0 Å². The molecule has 1 aliphatic rings. The van der Waals surface area contributed by atoms with Crippen LogP contribution in [0, 0.1) is 5.92 Å². The lowest BCUT2D eigenvalue weighted by Crippen LogP contribution is -2.45. The summed E-state index contributed by atoms with van der Waals surface area (Å²) < 4.78 is 0. The maximum absolute atomic E-state index is 10.3. The van der Waals surface area contributed by atoms with Crippen molar-refractivity contribution in [2.75, 3.05) is 13.1 Å². The number of rotatable bonds is 7. The Kier molecular flexibility index (Phi) is 4.60. The minimum absolute atomic E-state index is 0.334. The predicted molar refractivity (Wildman–Crippen MR) is 65.0 cm³/mol. The first-order chi connectivity index (χ1) is 6.97. The van der Waals surface area contributed by atoms with Gasteiger partial charge < -0.3 is 5.11 Å². The van der Waals surface area contributed by atoms with Gasteiger partial charge in [0.2, 0.25) is 0 Å². The summed E-state index contributed by atoms with van der Waals surface area (Å²) in [6, 6.07) is 0.766. The molecule has 1 saturated carbocycles. The second-order valence-corrected chi connectivity index (χ2v) is 5.57. The minimum atomic E-state index is -0.531. The Morgan fingerprint density at radius 1 is 1.40 bits per heavy atom. The fourth-order valence-electron chi connectivity index (χ4n) is 1.79. The van der Waals surface area contributed by atoms with Gasteiger partial charge in [-0.25, -0.2) is 0 Å². The van der Waals surface area contributed by atoms with Crippen molar-refractivity contribution >= 4 is 0 Å². The highest BCUT2D eigenvalue weighted by molar-refractivity contribution is 4.89. The molecule has 15 heavy (non-hydrogen) atoms. The number of aliphatic hydroxyl groups is 1. The molecule has 0 amide bonds. The van der Waals surface area contributed by atoms with Crippen LogP contribution in [-0.4, -0.2) is 34.7 Å². The number of hydrogen-bond acceptors (Lipinski definition) is 2. The summed E-state index contributed by atoms with van der Waals surface area (Å²) in [7, 11) is 0. The summed E-state index contributed by atoms with van der Waals surface area (Å²) in [5.74, 6) is 0.334. The number of unbranched alkanes of at least 4 members (excludes halogenated alkanes) is 1. The predicted octanol–water partition coefficient (Wildman–Crippen LogP) is 2.66. The summed E-state index contributed by atoms with van der Waals surface area (Å²) >= 11 is 0. The van der Waals surface area contributed by atoms with Gasteiger partial charge in [-0.05, 0) is 38.6 Å². The molecule has 0 heterocycles. The van der Waals surface area contributed by atoms with Gasteiger partial charge in [0.1, 0.15) is 0 Å². The summed E-state index contributed by atoms with van der Waals surface area (Å²) in [4.78, 5) is 2.49. The van der Waals surface area contributed by atoms with Crippen molar-refractivity contribution < 1.29 is 5.11 Å². The average Bonchev–Trinajstić information content (AvgIpc) is 2.94. The summed E-state index contributed by atoms with van der Waals surface area (Å²) in [6.45, 7) is 10.4. The lowest BCUT2D eigenvalue weighted by atomic mass is 9.92. The van der Waals surface area contributed by atoms with E-state index in [2.05, 4.69) is 25.7 Å². The van der Waals surface area contributed by atoms with E-state index in [9.17, 15) is 5.11 Å². The van der Waals surface area contributed by atoms with Gasteiger partial charge >= 0.3 is 0 Å². The van der Waals surface area contributed by atoms with Crippen LogP contribution < -0.4 is 0 Å². The quantitative estimate of drug-likeness (QED) is 0.703. The SMILES string of the molecule is CCCCN(CC(C)(O)C(C)C)C1CC1. The van der Waals surface area contributed by atoms with Crippen LogP contribution in [0.5, 0.6) is 0 Å². The maximum atomic E-state index is 10.3. The van der Waals surface area contributed by atoms with Gasteiger partial charge in [-0.1, -0.05) is 27.2 Å². The zero-order valence-electron chi connectivity index (χ0n) is 10.8. The first-order valence-corrected chi connectivity index (χ1v) is 6.43. The monoisotopic (exact) mass is 213 g/mol. The smallest absolute Gasteiger partial charge is 0.0768 e. The van der Waals surface area contributed by atoms with Crippen molar-refractivity contribution in [3.8, 4) is 0 Å². The van der Waals surface area contributed by atoms with E-state index in [-0.39, 0.29) is 0 Å². The molecule has 90 valence electrons. The normalized spacial score (nSPS) is 21.0. The molecule has 1 fully saturated rings. The molecule has 1 aliphatic carbocycles. The molecule has 2 nitrogen and oxygen atoms in total. The highest BCUT2D eigenvalue weighted by atomic mass is 16.3. The Bertz CT molecular complexity index is 185. The molecule has 1 rings (SSSR count). The third-order valence-corrected chi connectivity index (χ3v) is 3.63. The summed E-state index contributed by atoms with van der Waals surface area (Å²) in [5, 5.41) is 10.3. The third-order valence-electron chi connectivity index (χ3n) is 3.63. The molecule has 0 radical (unpaired) electrons. The van der Waals surface area contributed by atoms with Crippen LogP contribution >= 0.6 is 0 Å². The summed E-state index contributed by atoms with van der Waals surface area (Å²) in [6.07, 6.45) is 5.16. The largest absolute Gasteiger partial charge is 0.389 e. The third kappa shape index (κ3) is 4.12. The lowest BCUT2D eigenvalue weighted by molar-refractivity contribution is -0.0212. The zero-order valence-corrected chi connectivity index (χ0v) is 10.8. The Balaban J connectivity index is 2.42. The fourth-order valence-corrected chi connectivity index (χ4v) is 1.79. The van der Waals surface area contributed by atoms with Gasteiger partial charge in [0.25, 0.3) is 0 Å². The van der Waals surface area contributed by atoms with Crippen LogP contribution in [0.1, 0.15) is 53.4 Å². The fraction of sp³-hybridized carbons (Fsp3) is 1.00. The maximum Gasteiger partial charge on any atom is 0.0768 e. The van der Waals surface area contributed by atoms with E-state index in [0.29, 0.717) is 5.92 Å². The lowest BCUT2D eigenvalue weighted by Gasteiger charge is -2.34. The molecular weight excluding hydrogens is 186 g/mol. The molecule has 0 saturated heterocycles. The molecule has 1 unspecified atom stereocenters. The van der Waals surface area contributed by atoms with E-state index in [1.807, 2.05) is 6.92 Å². The van der Waals surface area contributed by atoms with Crippen LogP contribution in [0.25, 0.3) is 0 Å². The molecule has 0 aliphatic heterocycles. The number of hydrogen-bond donors (Lipinski definition) is 1. The molecule has 0 aromatic rings. The topological polar surface area (TPSA) is 23.5 Å². The molecule has 1 N–H and O–H groups in total. The van der Waals surface area contributed by atoms with Crippen LogP contribution in [0.2, 0.25) is 0 Å². The first kappa shape index (κ1) is 13.0. The van der Waals surface area contributed by atoms with E-state index in [1.54, 1.807) is 0 Å². The van der Waals surface area contributed by atoms with Gasteiger partial charge in [0.05, 0.1) is 5.60 Å². The second kappa shape index (κ2) is 5.31. The van der Waals surface area contributed by atoms with Crippen molar-refractivity contribution in [3.63, 3.8) is 0 Å². The Morgan fingerprint density at radius 3 is 2.40 bits per heavy atom. The Labute approximate surface area is 94.7 Å². The zero-order chi connectivity index (χ0) is 11.5. The van der Waals surface area contributed by atoms with E-state index < -0.39 is 5.60 Å². The minimum Gasteiger partial charge on any atom is -0.389 e. The van der Waals surface area contributed by atoms with E-state index in [4.69, 9.17) is 0 Å². The molecule has 1 atom stereocenters. The van der Waals surface area contributed by atoms with Crippen LogP contribution in [-0.2, 0) is 0 Å². The van der Waals surface area contributed by atoms with Crippen molar-refractivity contribution in [2.45, 2.75) is 65.0 Å². The van der Waals surface area contributed by atoms with E-state index in [1.165, 1.54) is 25.7 Å². The number of nitrogens with zero attached hydrogens (tertiary/aromatic N) is 1. The first-order valence-electron chi connectivity index (χ1n) is 6.43. The average molecular weight is 213 g/mol. The Hall–Kier alpha value is -0.0800. The van der Waals surface area contributed by atoms with Crippen molar-refractivity contribution in [3.05, 3.63) is 0 Å². The standard InChI is InChI=1S/C13H27NO/c1-5-6-9-14(12-7-8-12)10-13(4,15)11(2)3/h11-12,15H,5-10H2,1-4H3. The molecule has 0 spiro atoms. The molecule has 0 aromatic heterocycles. The Morgan fingerprint density at radius 2 is 2.00 bits per heavy atom. The van der Waals surface area contributed by atoms with Gasteiger partial charge in [-0.3, -0.25) is 4.90 Å². The van der Waals surface area contributed by atoms with E-state index in [0.717, 1.165) is 19.1 Å². The van der Waals surface area contributed by atoms with Gasteiger partial charge in [-0.15, -0.1) is 0 Å². The van der Waals surface area contributed by atoms with Crippen molar-refractivity contribution in [2.24, 2.45) is 5.92 Å². The van der Waals surface area contributed by atoms with E-state index >= 15 is 0 Å². The molecule has 0 bridgehead atoms. The highest BCUT2D eigenvalue weighted by Gasteiger charge is 2.34. The second-order valence-electron chi connectivity index (χ2n) is 5.57. The van der Waals surface area contributed by atoms with Gasteiger partial charge in [0.15, 0.2) is 0 Å². The van der Waals surface area contributed by atoms with Gasteiger partial charge in [-0.2, -0.15) is 0 Å². The molecule has 0 aromatic carbocycles. The van der Waals surface area contributed by atoms with Crippen LogP contribution in [0.3, 0.4) is 0 Å². The molecular formula is C13H27NO. The van der Waals surface area contributed by atoms with Gasteiger partial charge in [0, 0.05) is 12.6 Å². The highest BCUT2D eigenvalue weighted by Crippen LogP contribution is 2.30. The molecule has 2 heteroatoms.